The standard InChI is InChI=1S/C10H9IO2/c11-10-4-2-1-3-8(10)5-9-6-12-7-13-9/h1-4,6H,5,7H2. The van der Waals surface area contributed by atoms with Crippen LogP contribution in [0.2, 0.25) is 0 Å². The lowest BCUT2D eigenvalue weighted by Gasteiger charge is -2.03. The summed E-state index contributed by atoms with van der Waals surface area (Å²) in [6.45, 7) is 0.360. The second-order valence-corrected chi connectivity index (χ2v) is 3.94. The summed E-state index contributed by atoms with van der Waals surface area (Å²) in [7, 11) is 0. The summed E-state index contributed by atoms with van der Waals surface area (Å²) in [5.74, 6) is 0.907. The van der Waals surface area contributed by atoms with Crippen LogP contribution in [0, 0.1) is 3.57 Å². The molecule has 1 aliphatic rings. The molecule has 0 N–H and O–H groups in total. The first kappa shape index (κ1) is 8.87. The molecule has 0 unspecified atom stereocenters. The average molecular weight is 288 g/mol. The van der Waals surface area contributed by atoms with Crippen LogP contribution in [-0.4, -0.2) is 6.79 Å². The molecule has 0 atom stereocenters. The van der Waals surface area contributed by atoms with Crippen molar-refractivity contribution in [1.29, 1.82) is 0 Å². The van der Waals surface area contributed by atoms with Crippen LogP contribution in [0.15, 0.2) is 36.3 Å². The van der Waals surface area contributed by atoms with E-state index in [0.29, 0.717) is 6.79 Å². The van der Waals surface area contributed by atoms with Gasteiger partial charge in [-0.15, -0.1) is 0 Å². The SMILES string of the molecule is Ic1ccccc1CC1=COCO1. The summed E-state index contributed by atoms with van der Waals surface area (Å²) < 4.78 is 11.5. The second-order valence-electron chi connectivity index (χ2n) is 2.78. The van der Waals surface area contributed by atoms with E-state index in [1.165, 1.54) is 9.13 Å². The predicted molar refractivity (Wildman–Crippen MR) is 58.0 cm³/mol. The van der Waals surface area contributed by atoms with E-state index in [-0.39, 0.29) is 0 Å². The molecule has 1 heterocycles. The largest absolute Gasteiger partial charge is 0.462 e. The van der Waals surface area contributed by atoms with Gasteiger partial charge in [-0.05, 0) is 34.2 Å². The van der Waals surface area contributed by atoms with Crippen LogP contribution < -0.4 is 0 Å². The van der Waals surface area contributed by atoms with Gasteiger partial charge >= 0.3 is 0 Å². The predicted octanol–water partition coefficient (Wildman–Crippen LogP) is 2.68. The minimum atomic E-state index is 0.360. The van der Waals surface area contributed by atoms with E-state index in [9.17, 15) is 0 Å². The van der Waals surface area contributed by atoms with E-state index >= 15 is 0 Å². The van der Waals surface area contributed by atoms with Crippen LogP contribution in [0.4, 0.5) is 0 Å². The van der Waals surface area contributed by atoms with E-state index in [1.807, 2.05) is 12.1 Å². The van der Waals surface area contributed by atoms with Gasteiger partial charge in [-0.25, -0.2) is 0 Å². The number of hydrogen-bond acceptors (Lipinski definition) is 2. The Morgan fingerprint density at radius 1 is 1.31 bits per heavy atom. The lowest BCUT2D eigenvalue weighted by Crippen LogP contribution is -1.93. The molecule has 1 aromatic rings. The highest BCUT2D eigenvalue weighted by atomic mass is 127. The van der Waals surface area contributed by atoms with Crippen molar-refractivity contribution in [2.24, 2.45) is 0 Å². The molecule has 0 amide bonds. The van der Waals surface area contributed by atoms with Gasteiger partial charge in [0, 0.05) is 9.99 Å². The molecule has 0 fully saturated rings. The van der Waals surface area contributed by atoms with Gasteiger partial charge in [0.2, 0.25) is 6.79 Å². The third-order valence-corrected chi connectivity index (χ3v) is 2.90. The minimum Gasteiger partial charge on any atom is -0.462 e. The van der Waals surface area contributed by atoms with Gasteiger partial charge in [0.1, 0.15) is 12.0 Å². The van der Waals surface area contributed by atoms with Crippen molar-refractivity contribution in [2.45, 2.75) is 6.42 Å². The lowest BCUT2D eigenvalue weighted by atomic mass is 10.1. The van der Waals surface area contributed by atoms with Gasteiger partial charge in [-0.1, -0.05) is 18.2 Å². The topological polar surface area (TPSA) is 18.5 Å². The van der Waals surface area contributed by atoms with E-state index in [0.717, 1.165) is 12.2 Å². The Balaban J connectivity index is 2.13. The molecular weight excluding hydrogens is 279 g/mol. The maximum Gasteiger partial charge on any atom is 0.229 e. The highest BCUT2D eigenvalue weighted by Crippen LogP contribution is 2.18. The van der Waals surface area contributed by atoms with Crippen LogP contribution >= 0.6 is 22.6 Å². The zero-order valence-electron chi connectivity index (χ0n) is 7.00. The molecule has 0 aliphatic carbocycles. The smallest absolute Gasteiger partial charge is 0.229 e. The Morgan fingerprint density at radius 3 is 2.85 bits per heavy atom. The maximum absolute atomic E-state index is 5.25. The quantitative estimate of drug-likeness (QED) is 0.779. The Bertz CT molecular complexity index is 333. The summed E-state index contributed by atoms with van der Waals surface area (Å²) in [5.41, 5.74) is 1.28. The fraction of sp³-hybridized carbons (Fsp3) is 0.200. The fourth-order valence-corrected chi connectivity index (χ4v) is 1.77. The molecule has 3 heteroatoms. The fourth-order valence-electron chi connectivity index (χ4n) is 1.19. The molecule has 1 aromatic carbocycles. The zero-order valence-corrected chi connectivity index (χ0v) is 9.15. The van der Waals surface area contributed by atoms with E-state index in [1.54, 1.807) is 6.26 Å². The first-order chi connectivity index (χ1) is 6.36. The van der Waals surface area contributed by atoms with Crippen LogP contribution in [-0.2, 0) is 15.9 Å². The number of hydrogen-bond donors (Lipinski definition) is 0. The third kappa shape index (κ3) is 2.15. The van der Waals surface area contributed by atoms with Gasteiger partial charge in [0.25, 0.3) is 0 Å². The Labute approximate surface area is 90.7 Å². The minimum absolute atomic E-state index is 0.360. The molecule has 2 rings (SSSR count). The molecular formula is C10H9IO2. The molecule has 68 valence electrons. The summed E-state index contributed by atoms with van der Waals surface area (Å²) >= 11 is 2.32. The lowest BCUT2D eigenvalue weighted by molar-refractivity contribution is 0.0790. The highest BCUT2D eigenvalue weighted by molar-refractivity contribution is 14.1. The van der Waals surface area contributed by atoms with Crippen molar-refractivity contribution >= 4 is 22.6 Å². The molecule has 0 aromatic heterocycles. The number of halogens is 1. The monoisotopic (exact) mass is 288 g/mol. The summed E-state index contributed by atoms with van der Waals surface area (Å²) in [4.78, 5) is 0. The highest BCUT2D eigenvalue weighted by Gasteiger charge is 2.08. The van der Waals surface area contributed by atoms with Crippen molar-refractivity contribution < 1.29 is 9.47 Å². The molecule has 0 bridgehead atoms. The van der Waals surface area contributed by atoms with Crippen molar-refractivity contribution in [2.75, 3.05) is 6.79 Å². The summed E-state index contributed by atoms with van der Waals surface area (Å²) in [6.07, 6.45) is 2.50. The first-order valence-corrected chi connectivity index (χ1v) is 5.11. The van der Waals surface area contributed by atoms with Crippen molar-refractivity contribution in [3.8, 4) is 0 Å². The Hall–Kier alpha value is -0.710. The molecule has 0 saturated carbocycles. The van der Waals surface area contributed by atoms with Gasteiger partial charge in [-0.3, -0.25) is 0 Å². The molecule has 0 spiro atoms. The van der Waals surface area contributed by atoms with Gasteiger partial charge < -0.3 is 9.47 Å². The molecule has 13 heavy (non-hydrogen) atoms. The van der Waals surface area contributed by atoms with E-state index in [4.69, 9.17) is 9.47 Å². The van der Waals surface area contributed by atoms with E-state index < -0.39 is 0 Å². The van der Waals surface area contributed by atoms with Crippen LogP contribution in [0.25, 0.3) is 0 Å². The van der Waals surface area contributed by atoms with Gasteiger partial charge in [-0.2, -0.15) is 0 Å². The average Bonchev–Trinajstić information content (AvgIpc) is 2.61. The van der Waals surface area contributed by atoms with Crippen LogP contribution in [0.1, 0.15) is 5.56 Å². The number of ether oxygens (including phenoxy) is 2. The van der Waals surface area contributed by atoms with Crippen LogP contribution in [0.5, 0.6) is 0 Å². The second kappa shape index (κ2) is 4.00. The summed E-state index contributed by atoms with van der Waals surface area (Å²) in [5, 5.41) is 0. The van der Waals surface area contributed by atoms with Gasteiger partial charge in [0.15, 0.2) is 0 Å². The number of rotatable bonds is 2. The van der Waals surface area contributed by atoms with Crippen molar-refractivity contribution in [3.63, 3.8) is 0 Å². The summed E-state index contributed by atoms with van der Waals surface area (Å²) in [6, 6.07) is 8.26. The molecule has 1 aliphatic heterocycles. The Kier molecular flexibility index (Phi) is 2.73. The Morgan fingerprint density at radius 2 is 2.15 bits per heavy atom. The van der Waals surface area contributed by atoms with E-state index in [2.05, 4.69) is 34.7 Å². The number of allylic oxidation sites excluding steroid dienone is 1. The zero-order chi connectivity index (χ0) is 9.10. The maximum atomic E-state index is 5.25. The molecule has 0 radical (unpaired) electrons. The molecule has 0 saturated heterocycles. The third-order valence-electron chi connectivity index (χ3n) is 1.85. The van der Waals surface area contributed by atoms with Crippen molar-refractivity contribution in [1.82, 2.24) is 0 Å². The molecule has 2 nitrogen and oxygen atoms in total. The van der Waals surface area contributed by atoms with Gasteiger partial charge in [0.05, 0.1) is 0 Å². The van der Waals surface area contributed by atoms with Crippen molar-refractivity contribution in [3.05, 3.63) is 45.4 Å². The van der Waals surface area contributed by atoms with Crippen LogP contribution in [0.3, 0.4) is 0 Å². The number of benzene rings is 1. The first-order valence-electron chi connectivity index (χ1n) is 4.03. The normalized spacial score (nSPS) is 14.7.